The van der Waals surface area contributed by atoms with E-state index in [9.17, 15) is 4.79 Å². The molecule has 172 valence electrons. The maximum atomic E-state index is 12.9. The van der Waals surface area contributed by atoms with E-state index in [4.69, 9.17) is 9.97 Å². The molecule has 0 aliphatic carbocycles. The summed E-state index contributed by atoms with van der Waals surface area (Å²) < 4.78 is 0.987. The summed E-state index contributed by atoms with van der Waals surface area (Å²) in [6, 6.07) is 26.5. The molecule has 3 aromatic carbocycles. The van der Waals surface area contributed by atoms with Crippen LogP contribution in [0.25, 0.3) is 22.3 Å². The molecule has 5 nitrogen and oxygen atoms in total. The number of benzene rings is 3. The average Bonchev–Trinajstić information content (AvgIpc) is 3.42. The number of nitrogens with zero attached hydrogens (tertiary/aromatic N) is 4. The van der Waals surface area contributed by atoms with Crippen LogP contribution in [-0.4, -0.2) is 40.4 Å². The summed E-state index contributed by atoms with van der Waals surface area (Å²) in [4.78, 5) is 27.0. The Morgan fingerprint density at radius 2 is 1.68 bits per heavy atom. The smallest absolute Gasteiger partial charge is 0.224 e. The summed E-state index contributed by atoms with van der Waals surface area (Å²) in [7, 11) is 0. The van der Waals surface area contributed by atoms with E-state index in [2.05, 4.69) is 39.0 Å². The second-order valence-electron chi connectivity index (χ2n) is 8.64. The lowest BCUT2D eigenvalue weighted by Gasteiger charge is -2.26. The standard InChI is InChI=1S/C28H27BrN4O/c29-23-12-8-11-22(19-23)27-30-25-14-5-4-13-24(25)28(31-27)33(20-21-9-2-1-3-10-21)18-15-26(34)32-16-6-7-17-32/h1-5,8-14,19H,6-7,15-18,20H2. The highest BCUT2D eigenvalue weighted by molar-refractivity contribution is 9.10. The first-order chi connectivity index (χ1) is 16.7. The second kappa shape index (κ2) is 10.3. The molecule has 1 aliphatic rings. The van der Waals surface area contributed by atoms with Crippen molar-refractivity contribution in [1.82, 2.24) is 14.9 Å². The zero-order chi connectivity index (χ0) is 23.3. The van der Waals surface area contributed by atoms with Crippen LogP contribution in [-0.2, 0) is 11.3 Å². The van der Waals surface area contributed by atoms with Gasteiger partial charge in [0.25, 0.3) is 0 Å². The lowest BCUT2D eigenvalue weighted by atomic mass is 10.1. The number of fused-ring (bicyclic) bond motifs is 1. The number of carbonyl (C=O) groups excluding carboxylic acids is 1. The number of hydrogen-bond acceptors (Lipinski definition) is 4. The first kappa shape index (κ1) is 22.5. The Kier molecular flexibility index (Phi) is 6.86. The largest absolute Gasteiger partial charge is 0.351 e. The van der Waals surface area contributed by atoms with Crippen LogP contribution < -0.4 is 4.90 Å². The first-order valence-electron chi connectivity index (χ1n) is 11.8. The molecule has 1 aromatic heterocycles. The summed E-state index contributed by atoms with van der Waals surface area (Å²) in [5, 5.41) is 0.991. The lowest BCUT2D eigenvalue weighted by Crippen LogP contribution is -2.33. The summed E-state index contributed by atoms with van der Waals surface area (Å²) in [5.74, 6) is 1.76. The number of likely N-dealkylation sites (tertiary alicyclic amines) is 1. The third-order valence-electron chi connectivity index (χ3n) is 6.24. The fourth-order valence-electron chi connectivity index (χ4n) is 4.48. The Balaban J connectivity index is 1.55. The molecule has 0 radical (unpaired) electrons. The van der Waals surface area contributed by atoms with Gasteiger partial charge >= 0.3 is 0 Å². The molecule has 4 aromatic rings. The molecule has 0 bridgehead atoms. The molecule has 0 atom stereocenters. The van der Waals surface area contributed by atoms with Crippen molar-refractivity contribution in [3.63, 3.8) is 0 Å². The number of amides is 1. The van der Waals surface area contributed by atoms with E-state index in [1.54, 1.807) is 0 Å². The van der Waals surface area contributed by atoms with E-state index in [1.165, 1.54) is 5.56 Å². The van der Waals surface area contributed by atoms with Gasteiger partial charge in [0.1, 0.15) is 5.82 Å². The molecule has 0 saturated carbocycles. The fraction of sp³-hybridized carbons (Fsp3) is 0.250. The van der Waals surface area contributed by atoms with Gasteiger partial charge in [0.05, 0.1) is 5.52 Å². The van der Waals surface area contributed by atoms with Gasteiger partial charge < -0.3 is 9.80 Å². The van der Waals surface area contributed by atoms with Crippen LogP contribution in [0.5, 0.6) is 0 Å². The van der Waals surface area contributed by atoms with E-state index in [-0.39, 0.29) is 5.91 Å². The second-order valence-corrected chi connectivity index (χ2v) is 9.56. The van der Waals surface area contributed by atoms with Crippen LogP contribution in [0, 0.1) is 0 Å². The predicted molar refractivity (Wildman–Crippen MR) is 141 cm³/mol. The highest BCUT2D eigenvalue weighted by Crippen LogP contribution is 2.30. The molecular formula is C28H27BrN4O. The molecule has 34 heavy (non-hydrogen) atoms. The molecule has 2 heterocycles. The number of anilines is 1. The topological polar surface area (TPSA) is 49.3 Å². The molecule has 0 unspecified atom stereocenters. The first-order valence-corrected chi connectivity index (χ1v) is 12.6. The normalized spacial score (nSPS) is 13.4. The number of para-hydroxylation sites is 1. The van der Waals surface area contributed by atoms with Crippen LogP contribution in [0.15, 0.2) is 83.3 Å². The molecule has 5 rings (SSSR count). The Morgan fingerprint density at radius 1 is 0.912 bits per heavy atom. The molecule has 1 fully saturated rings. The third-order valence-corrected chi connectivity index (χ3v) is 6.73. The van der Waals surface area contributed by atoms with Gasteiger partial charge in [-0.05, 0) is 42.7 Å². The zero-order valence-electron chi connectivity index (χ0n) is 19.0. The predicted octanol–water partition coefficient (Wildman–Crippen LogP) is 6.08. The van der Waals surface area contributed by atoms with Crippen molar-refractivity contribution in [2.45, 2.75) is 25.8 Å². The van der Waals surface area contributed by atoms with Gasteiger partial charge in [-0.25, -0.2) is 9.97 Å². The van der Waals surface area contributed by atoms with E-state index in [1.807, 2.05) is 65.6 Å². The monoisotopic (exact) mass is 514 g/mol. The van der Waals surface area contributed by atoms with Crippen LogP contribution in [0.3, 0.4) is 0 Å². The summed E-state index contributed by atoms with van der Waals surface area (Å²) >= 11 is 3.57. The van der Waals surface area contributed by atoms with Crippen molar-refractivity contribution in [1.29, 1.82) is 0 Å². The molecule has 1 aliphatic heterocycles. The number of carbonyl (C=O) groups is 1. The maximum absolute atomic E-state index is 12.9. The van der Waals surface area contributed by atoms with E-state index in [0.29, 0.717) is 25.3 Å². The third kappa shape index (κ3) is 5.12. The quantitative estimate of drug-likeness (QED) is 0.300. The lowest BCUT2D eigenvalue weighted by molar-refractivity contribution is -0.129. The number of hydrogen-bond donors (Lipinski definition) is 0. The molecular weight excluding hydrogens is 488 g/mol. The molecule has 6 heteroatoms. The Hall–Kier alpha value is -3.25. The highest BCUT2D eigenvalue weighted by Gasteiger charge is 2.21. The van der Waals surface area contributed by atoms with Crippen molar-refractivity contribution in [3.05, 3.63) is 88.9 Å². The number of aromatic nitrogens is 2. The molecule has 1 saturated heterocycles. The Morgan fingerprint density at radius 3 is 2.47 bits per heavy atom. The average molecular weight is 515 g/mol. The highest BCUT2D eigenvalue weighted by atomic mass is 79.9. The fourth-order valence-corrected chi connectivity index (χ4v) is 4.88. The van der Waals surface area contributed by atoms with Crippen LogP contribution in [0.4, 0.5) is 5.82 Å². The Bertz CT molecular complexity index is 1290. The van der Waals surface area contributed by atoms with Gasteiger partial charge in [-0.15, -0.1) is 0 Å². The summed E-state index contributed by atoms with van der Waals surface area (Å²) in [6.45, 7) is 3.03. The van der Waals surface area contributed by atoms with Gasteiger partial charge in [-0.2, -0.15) is 0 Å². The molecule has 1 amide bonds. The summed E-state index contributed by atoms with van der Waals surface area (Å²) in [6.07, 6.45) is 2.68. The number of rotatable bonds is 7. The zero-order valence-corrected chi connectivity index (χ0v) is 20.6. The minimum Gasteiger partial charge on any atom is -0.351 e. The molecule has 0 spiro atoms. The minimum atomic E-state index is 0.223. The number of halogens is 1. The maximum Gasteiger partial charge on any atom is 0.224 e. The van der Waals surface area contributed by atoms with Crippen LogP contribution in [0.1, 0.15) is 24.8 Å². The van der Waals surface area contributed by atoms with E-state index in [0.717, 1.165) is 52.7 Å². The van der Waals surface area contributed by atoms with Crippen molar-refractivity contribution in [2.75, 3.05) is 24.5 Å². The Labute approximate surface area is 208 Å². The minimum absolute atomic E-state index is 0.223. The van der Waals surface area contributed by atoms with E-state index >= 15 is 0 Å². The van der Waals surface area contributed by atoms with Gasteiger partial charge in [0.2, 0.25) is 5.91 Å². The van der Waals surface area contributed by atoms with Crippen LogP contribution in [0.2, 0.25) is 0 Å². The van der Waals surface area contributed by atoms with Gasteiger partial charge in [0, 0.05) is 48.0 Å². The van der Waals surface area contributed by atoms with Crippen molar-refractivity contribution in [2.24, 2.45) is 0 Å². The van der Waals surface area contributed by atoms with Gasteiger partial charge in [0.15, 0.2) is 5.82 Å². The molecule has 0 N–H and O–H groups in total. The van der Waals surface area contributed by atoms with Gasteiger partial charge in [-0.3, -0.25) is 4.79 Å². The van der Waals surface area contributed by atoms with Crippen molar-refractivity contribution in [3.8, 4) is 11.4 Å². The SMILES string of the molecule is O=C(CCN(Cc1ccccc1)c1nc(-c2cccc(Br)c2)nc2ccccc12)N1CCCC1. The van der Waals surface area contributed by atoms with E-state index < -0.39 is 0 Å². The van der Waals surface area contributed by atoms with Crippen molar-refractivity contribution >= 4 is 38.6 Å². The van der Waals surface area contributed by atoms with Crippen LogP contribution >= 0.6 is 15.9 Å². The van der Waals surface area contributed by atoms with Gasteiger partial charge in [-0.1, -0.05) is 70.5 Å². The van der Waals surface area contributed by atoms with Crippen molar-refractivity contribution < 1.29 is 4.79 Å². The summed E-state index contributed by atoms with van der Waals surface area (Å²) in [5.41, 5.74) is 3.03.